The van der Waals surface area contributed by atoms with Crippen molar-refractivity contribution in [3.63, 3.8) is 0 Å². The Bertz CT molecular complexity index is 445. The van der Waals surface area contributed by atoms with Crippen molar-refractivity contribution in [3.8, 4) is 0 Å². The molecule has 1 aliphatic rings. The SMILES string of the molecule is CC(Nc1ccccc1)=C1C(=O)CNC1=O. The molecule has 1 aliphatic heterocycles. The van der Waals surface area contributed by atoms with Gasteiger partial charge in [0, 0.05) is 11.4 Å². The first-order valence-electron chi connectivity index (χ1n) is 5.03. The van der Waals surface area contributed by atoms with Gasteiger partial charge in [0.05, 0.1) is 6.54 Å². The monoisotopic (exact) mass is 216 g/mol. The summed E-state index contributed by atoms with van der Waals surface area (Å²) in [5.41, 5.74) is 1.68. The van der Waals surface area contributed by atoms with E-state index in [0.717, 1.165) is 5.69 Å². The van der Waals surface area contributed by atoms with Gasteiger partial charge in [-0.25, -0.2) is 0 Å². The summed E-state index contributed by atoms with van der Waals surface area (Å²) in [5.74, 6) is -0.461. The van der Waals surface area contributed by atoms with Crippen LogP contribution in [0.3, 0.4) is 0 Å². The number of nitrogens with one attached hydrogen (secondary N) is 2. The Morgan fingerprint density at radius 2 is 1.94 bits per heavy atom. The van der Waals surface area contributed by atoms with Gasteiger partial charge < -0.3 is 10.6 Å². The third kappa shape index (κ3) is 1.95. The highest BCUT2D eigenvalue weighted by Gasteiger charge is 2.27. The highest BCUT2D eigenvalue weighted by atomic mass is 16.2. The molecule has 16 heavy (non-hydrogen) atoms. The molecule has 1 fully saturated rings. The second-order valence-electron chi connectivity index (χ2n) is 3.60. The van der Waals surface area contributed by atoms with E-state index >= 15 is 0 Å². The Labute approximate surface area is 93.3 Å². The lowest BCUT2D eigenvalue weighted by Gasteiger charge is -2.07. The number of carbonyl (C=O) groups is 2. The standard InChI is InChI=1S/C12H12N2O2/c1-8(11-10(15)7-13-12(11)16)14-9-5-3-2-4-6-9/h2-6,14H,7H2,1H3,(H,13,16). The van der Waals surface area contributed by atoms with Crippen LogP contribution in [0.5, 0.6) is 0 Å². The Hall–Kier alpha value is -2.10. The van der Waals surface area contributed by atoms with E-state index in [1.165, 1.54) is 0 Å². The highest BCUT2D eigenvalue weighted by molar-refractivity contribution is 6.25. The van der Waals surface area contributed by atoms with Gasteiger partial charge in [-0.1, -0.05) is 18.2 Å². The molecule has 1 heterocycles. The van der Waals surface area contributed by atoms with Crippen LogP contribution in [0.2, 0.25) is 0 Å². The summed E-state index contributed by atoms with van der Waals surface area (Å²) in [4.78, 5) is 22.8. The molecule has 1 aromatic rings. The Kier molecular flexibility index (Phi) is 2.72. The average molecular weight is 216 g/mol. The predicted octanol–water partition coefficient (Wildman–Crippen LogP) is 1.07. The molecule has 0 spiro atoms. The van der Waals surface area contributed by atoms with Gasteiger partial charge in [-0.15, -0.1) is 0 Å². The van der Waals surface area contributed by atoms with E-state index in [9.17, 15) is 9.59 Å². The lowest BCUT2D eigenvalue weighted by atomic mass is 10.1. The van der Waals surface area contributed by atoms with Crippen molar-refractivity contribution in [2.75, 3.05) is 11.9 Å². The lowest BCUT2D eigenvalue weighted by molar-refractivity contribution is -0.117. The largest absolute Gasteiger partial charge is 0.358 e. The van der Waals surface area contributed by atoms with Crippen LogP contribution < -0.4 is 10.6 Å². The van der Waals surface area contributed by atoms with E-state index < -0.39 is 0 Å². The van der Waals surface area contributed by atoms with Crippen LogP contribution in [0.15, 0.2) is 41.6 Å². The van der Waals surface area contributed by atoms with Gasteiger partial charge in [-0.05, 0) is 19.1 Å². The zero-order chi connectivity index (χ0) is 11.5. The average Bonchev–Trinajstić information content (AvgIpc) is 2.60. The molecule has 0 aliphatic carbocycles. The molecule has 2 rings (SSSR count). The van der Waals surface area contributed by atoms with Crippen molar-refractivity contribution < 1.29 is 9.59 Å². The van der Waals surface area contributed by atoms with Crippen LogP contribution in [0.25, 0.3) is 0 Å². The van der Waals surface area contributed by atoms with Crippen LogP contribution in [0.1, 0.15) is 6.92 Å². The number of carbonyl (C=O) groups excluding carboxylic acids is 2. The van der Waals surface area contributed by atoms with Gasteiger partial charge in [0.15, 0.2) is 5.78 Å². The molecular formula is C12H12N2O2. The second-order valence-corrected chi connectivity index (χ2v) is 3.60. The van der Waals surface area contributed by atoms with E-state index in [1.54, 1.807) is 6.92 Å². The first-order valence-corrected chi connectivity index (χ1v) is 5.03. The molecule has 1 aromatic carbocycles. The van der Waals surface area contributed by atoms with E-state index in [-0.39, 0.29) is 23.8 Å². The minimum absolute atomic E-state index is 0.0992. The number of hydrogen-bond donors (Lipinski definition) is 2. The maximum Gasteiger partial charge on any atom is 0.257 e. The Morgan fingerprint density at radius 3 is 2.50 bits per heavy atom. The second kappa shape index (κ2) is 4.18. The van der Waals surface area contributed by atoms with E-state index in [0.29, 0.717) is 5.70 Å². The van der Waals surface area contributed by atoms with Gasteiger partial charge in [0.25, 0.3) is 5.91 Å². The summed E-state index contributed by atoms with van der Waals surface area (Å²) >= 11 is 0. The van der Waals surface area contributed by atoms with Crippen molar-refractivity contribution in [1.29, 1.82) is 0 Å². The number of benzene rings is 1. The molecule has 1 amide bonds. The smallest absolute Gasteiger partial charge is 0.257 e. The summed E-state index contributed by atoms with van der Waals surface area (Å²) in [6, 6.07) is 9.43. The molecule has 4 nitrogen and oxygen atoms in total. The number of rotatable bonds is 2. The maximum atomic E-state index is 11.4. The van der Waals surface area contributed by atoms with E-state index in [1.807, 2.05) is 30.3 Å². The van der Waals surface area contributed by atoms with Crippen LogP contribution >= 0.6 is 0 Å². The van der Waals surface area contributed by atoms with Crippen molar-refractivity contribution in [3.05, 3.63) is 41.6 Å². The lowest BCUT2D eigenvalue weighted by Crippen LogP contribution is -2.15. The third-order valence-corrected chi connectivity index (χ3v) is 2.40. The maximum absolute atomic E-state index is 11.4. The summed E-state index contributed by atoms with van der Waals surface area (Å²) in [5, 5.41) is 5.54. The fraction of sp³-hybridized carbons (Fsp3) is 0.167. The number of para-hydroxylation sites is 1. The molecule has 0 unspecified atom stereocenters. The quantitative estimate of drug-likeness (QED) is 0.574. The van der Waals surface area contributed by atoms with E-state index in [2.05, 4.69) is 10.6 Å². The molecule has 82 valence electrons. The molecule has 0 saturated carbocycles. The molecule has 0 radical (unpaired) electrons. The number of Topliss-reactive ketones (excluding diaryl/α,β-unsaturated/α-hetero) is 1. The van der Waals surface area contributed by atoms with Gasteiger partial charge in [0.2, 0.25) is 0 Å². The normalized spacial score (nSPS) is 18.3. The molecule has 0 bridgehead atoms. The van der Waals surface area contributed by atoms with Gasteiger partial charge in [0.1, 0.15) is 5.57 Å². The minimum atomic E-state index is -0.300. The molecule has 4 heteroatoms. The summed E-state index contributed by atoms with van der Waals surface area (Å²) in [6.45, 7) is 1.83. The first kappa shape index (κ1) is 10.4. The predicted molar refractivity (Wildman–Crippen MR) is 60.8 cm³/mol. The minimum Gasteiger partial charge on any atom is -0.358 e. The van der Waals surface area contributed by atoms with Crippen molar-refractivity contribution in [2.45, 2.75) is 6.92 Å². The zero-order valence-electron chi connectivity index (χ0n) is 8.91. The summed E-state index contributed by atoms with van der Waals surface area (Å²) in [7, 11) is 0. The zero-order valence-corrected chi connectivity index (χ0v) is 8.91. The number of hydrogen-bond acceptors (Lipinski definition) is 3. The van der Waals surface area contributed by atoms with E-state index in [4.69, 9.17) is 0 Å². The fourth-order valence-corrected chi connectivity index (χ4v) is 1.64. The van der Waals surface area contributed by atoms with Crippen molar-refractivity contribution in [1.82, 2.24) is 5.32 Å². The van der Waals surface area contributed by atoms with Crippen molar-refractivity contribution >= 4 is 17.4 Å². The first-order chi connectivity index (χ1) is 7.68. The number of ketones is 1. The Balaban J connectivity index is 2.25. The number of anilines is 1. The topological polar surface area (TPSA) is 58.2 Å². The van der Waals surface area contributed by atoms with Crippen LogP contribution in [-0.4, -0.2) is 18.2 Å². The third-order valence-electron chi connectivity index (χ3n) is 2.40. The highest BCUT2D eigenvalue weighted by Crippen LogP contribution is 2.14. The van der Waals surface area contributed by atoms with Gasteiger partial charge >= 0.3 is 0 Å². The molecule has 1 saturated heterocycles. The summed E-state index contributed by atoms with van der Waals surface area (Å²) in [6.07, 6.45) is 0. The van der Waals surface area contributed by atoms with Crippen LogP contribution in [0.4, 0.5) is 5.69 Å². The van der Waals surface area contributed by atoms with Crippen LogP contribution in [0, 0.1) is 0 Å². The molecule has 2 N–H and O–H groups in total. The summed E-state index contributed by atoms with van der Waals surface area (Å²) < 4.78 is 0. The van der Waals surface area contributed by atoms with Crippen LogP contribution in [-0.2, 0) is 9.59 Å². The molecular weight excluding hydrogens is 204 g/mol. The number of amides is 1. The molecule has 0 atom stereocenters. The van der Waals surface area contributed by atoms with Crippen molar-refractivity contribution in [2.24, 2.45) is 0 Å². The molecule has 0 aromatic heterocycles. The fourth-order valence-electron chi connectivity index (χ4n) is 1.64. The van der Waals surface area contributed by atoms with Gasteiger partial charge in [-0.2, -0.15) is 0 Å². The van der Waals surface area contributed by atoms with Gasteiger partial charge in [-0.3, -0.25) is 9.59 Å². The number of allylic oxidation sites excluding steroid dienone is 1. The Morgan fingerprint density at radius 1 is 1.25 bits per heavy atom.